The number of rotatable bonds is 5. The van der Waals surface area contributed by atoms with Crippen molar-refractivity contribution in [2.24, 2.45) is 5.92 Å². The number of pyridine rings is 1. The van der Waals surface area contributed by atoms with E-state index in [-0.39, 0.29) is 5.91 Å². The predicted molar refractivity (Wildman–Crippen MR) is 85.7 cm³/mol. The van der Waals surface area contributed by atoms with Crippen molar-refractivity contribution in [3.8, 4) is 0 Å². The van der Waals surface area contributed by atoms with Gasteiger partial charge in [-0.25, -0.2) is 0 Å². The number of amides is 1. The maximum atomic E-state index is 12.1. The van der Waals surface area contributed by atoms with Crippen LogP contribution >= 0.6 is 0 Å². The molecule has 108 valence electrons. The molecule has 3 heteroatoms. The molecule has 0 aliphatic rings. The molecule has 0 bridgehead atoms. The summed E-state index contributed by atoms with van der Waals surface area (Å²) in [5, 5.41) is 2.90. The summed E-state index contributed by atoms with van der Waals surface area (Å²) in [5.74, 6) is 0.458. The zero-order valence-corrected chi connectivity index (χ0v) is 12.4. The molecular formula is C18H20N2O. The van der Waals surface area contributed by atoms with Crippen LogP contribution in [0.3, 0.4) is 0 Å². The molecule has 2 rings (SSSR count). The first-order chi connectivity index (χ1) is 10.1. The minimum absolute atomic E-state index is 0.0637. The fourth-order valence-corrected chi connectivity index (χ4v) is 1.83. The van der Waals surface area contributed by atoms with Gasteiger partial charge in [0.2, 0.25) is 0 Å². The Labute approximate surface area is 125 Å². The Bertz CT molecular complexity index is 601. The van der Waals surface area contributed by atoms with Crippen LogP contribution in [0, 0.1) is 5.92 Å². The van der Waals surface area contributed by atoms with Gasteiger partial charge < -0.3 is 5.32 Å². The average Bonchev–Trinajstić information content (AvgIpc) is 2.52. The normalized spacial score (nSPS) is 11.0. The largest absolute Gasteiger partial charge is 0.348 e. The van der Waals surface area contributed by atoms with Crippen molar-refractivity contribution < 1.29 is 4.79 Å². The minimum atomic E-state index is -0.0637. The Morgan fingerprint density at radius 3 is 2.43 bits per heavy atom. The van der Waals surface area contributed by atoms with Crippen LogP contribution in [0.5, 0.6) is 0 Å². The van der Waals surface area contributed by atoms with Crippen LogP contribution in [-0.4, -0.2) is 10.9 Å². The van der Waals surface area contributed by atoms with Gasteiger partial charge in [0, 0.05) is 24.5 Å². The lowest BCUT2D eigenvalue weighted by Gasteiger charge is -2.05. The SMILES string of the molecule is CC(C)C=Cc1ccc(C(=O)NCc2ccncc2)cc1. The van der Waals surface area contributed by atoms with E-state index in [1.165, 1.54) is 0 Å². The first kappa shape index (κ1) is 15.0. The highest BCUT2D eigenvalue weighted by Crippen LogP contribution is 2.08. The first-order valence-electron chi connectivity index (χ1n) is 7.10. The Balaban J connectivity index is 1.94. The minimum Gasteiger partial charge on any atom is -0.348 e. The van der Waals surface area contributed by atoms with Crippen LogP contribution in [0.2, 0.25) is 0 Å². The third kappa shape index (κ3) is 4.88. The summed E-state index contributed by atoms with van der Waals surface area (Å²) in [7, 11) is 0. The van der Waals surface area contributed by atoms with E-state index in [0.717, 1.165) is 11.1 Å². The van der Waals surface area contributed by atoms with Gasteiger partial charge in [-0.15, -0.1) is 0 Å². The van der Waals surface area contributed by atoms with Crippen molar-refractivity contribution in [3.63, 3.8) is 0 Å². The summed E-state index contributed by atoms with van der Waals surface area (Å²) >= 11 is 0. The van der Waals surface area contributed by atoms with E-state index in [2.05, 4.69) is 36.3 Å². The van der Waals surface area contributed by atoms with E-state index in [1.807, 2.05) is 36.4 Å². The smallest absolute Gasteiger partial charge is 0.251 e. The standard InChI is InChI=1S/C18H20N2O/c1-14(2)3-4-15-5-7-17(8-6-15)18(21)20-13-16-9-11-19-12-10-16/h3-12,14H,13H2,1-2H3,(H,20,21). The number of nitrogens with one attached hydrogen (secondary N) is 1. The molecule has 0 saturated heterocycles. The first-order valence-corrected chi connectivity index (χ1v) is 7.10. The van der Waals surface area contributed by atoms with Crippen LogP contribution in [-0.2, 0) is 6.54 Å². The lowest BCUT2D eigenvalue weighted by atomic mass is 10.1. The molecule has 0 radical (unpaired) electrons. The Hall–Kier alpha value is -2.42. The molecule has 0 fully saturated rings. The van der Waals surface area contributed by atoms with E-state index >= 15 is 0 Å². The van der Waals surface area contributed by atoms with E-state index in [0.29, 0.717) is 18.0 Å². The maximum Gasteiger partial charge on any atom is 0.251 e. The van der Waals surface area contributed by atoms with Crippen molar-refractivity contribution in [3.05, 3.63) is 71.6 Å². The van der Waals surface area contributed by atoms with E-state index in [1.54, 1.807) is 12.4 Å². The highest BCUT2D eigenvalue weighted by atomic mass is 16.1. The van der Waals surface area contributed by atoms with Gasteiger partial charge in [-0.3, -0.25) is 9.78 Å². The van der Waals surface area contributed by atoms with Crippen LogP contribution in [0.4, 0.5) is 0 Å². The van der Waals surface area contributed by atoms with Crippen LogP contribution in [0.15, 0.2) is 54.9 Å². The fourth-order valence-electron chi connectivity index (χ4n) is 1.83. The second-order valence-electron chi connectivity index (χ2n) is 5.26. The van der Waals surface area contributed by atoms with Gasteiger partial charge in [-0.1, -0.05) is 38.1 Å². The predicted octanol–water partition coefficient (Wildman–Crippen LogP) is 3.68. The molecule has 1 N–H and O–H groups in total. The van der Waals surface area contributed by atoms with Gasteiger partial charge in [-0.2, -0.15) is 0 Å². The van der Waals surface area contributed by atoms with Crippen molar-refractivity contribution in [2.45, 2.75) is 20.4 Å². The van der Waals surface area contributed by atoms with Crippen LogP contribution in [0.25, 0.3) is 6.08 Å². The number of carbonyl (C=O) groups is 1. The van der Waals surface area contributed by atoms with Gasteiger partial charge >= 0.3 is 0 Å². The van der Waals surface area contributed by atoms with Gasteiger partial charge in [0.15, 0.2) is 0 Å². The molecule has 1 heterocycles. The molecule has 0 atom stereocenters. The number of aromatic nitrogens is 1. The van der Waals surface area contributed by atoms with Gasteiger partial charge in [0.05, 0.1) is 0 Å². The third-order valence-corrected chi connectivity index (χ3v) is 3.05. The molecule has 0 aliphatic heterocycles. The second kappa shape index (κ2) is 7.39. The summed E-state index contributed by atoms with van der Waals surface area (Å²) in [5.41, 5.74) is 2.81. The summed E-state index contributed by atoms with van der Waals surface area (Å²) in [6.07, 6.45) is 7.65. The Kier molecular flexibility index (Phi) is 5.27. The zero-order chi connectivity index (χ0) is 15.1. The summed E-state index contributed by atoms with van der Waals surface area (Å²) in [6, 6.07) is 11.4. The lowest BCUT2D eigenvalue weighted by molar-refractivity contribution is 0.0951. The molecule has 1 aromatic carbocycles. The highest BCUT2D eigenvalue weighted by Gasteiger charge is 2.04. The Morgan fingerprint density at radius 2 is 1.81 bits per heavy atom. The summed E-state index contributed by atoms with van der Waals surface area (Å²) < 4.78 is 0. The van der Waals surface area contributed by atoms with E-state index < -0.39 is 0 Å². The Morgan fingerprint density at radius 1 is 1.14 bits per heavy atom. The highest BCUT2D eigenvalue weighted by molar-refractivity contribution is 5.94. The molecule has 0 spiro atoms. The molecule has 2 aromatic rings. The number of benzene rings is 1. The monoisotopic (exact) mass is 280 g/mol. The topological polar surface area (TPSA) is 42.0 Å². The van der Waals surface area contributed by atoms with Crippen molar-refractivity contribution in [1.29, 1.82) is 0 Å². The average molecular weight is 280 g/mol. The number of hydrogen-bond acceptors (Lipinski definition) is 2. The van der Waals surface area contributed by atoms with Crippen molar-refractivity contribution in [2.75, 3.05) is 0 Å². The summed E-state index contributed by atoms with van der Waals surface area (Å²) in [6.45, 7) is 4.78. The molecule has 1 aromatic heterocycles. The molecule has 21 heavy (non-hydrogen) atoms. The number of carbonyl (C=O) groups excluding carboxylic acids is 1. The molecule has 0 unspecified atom stereocenters. The van der Waals surface area contributed by atoms with Crippen LogP contribution in [0.1, 0.15) is 35.3 Å². The molecule has 3 nitrogen and oxygen atoms in total. The van der Waals surface area contributed by atoms with Gasteiger partial charge in [0.25, 0.3) is 5.91 Å². The molecule has 0 saturated carbocycles. The second-order valence-corrected chi connectivity index (χ2v) is 5.26. The zero-order valence-electron chi connectivity index (χ0n) is 12.4. The number of allylic oxidation sites excluding steroid dienone is 1. The maximum absolute atomic E-state index is 12.1. The van der Waals surface area contributed by atoms with Gasteiger partial charge in [-0.05, 0) is 41.3 Å². The molecule has 1 amide bonds. The quantitative estimate of drug-likeness (QED) is 0.907. The van der Waals surface area contributed by atoms with E-state index in [4.69, 9.17) is 0 Å². The van der Waals surface area contributed by atoms with Crippen LogP contribution < -0.4 is 5.32 Å². The molecular weight excluding hydrogens is 260 g/mol. The van der Waals surface area contributed by atoms with Gasteiger partial charge in [0.1, 0.15) is 0 Å². The van der Waals surface area contributed by atoms with Crippen molar-refractivity contribution >= 4 is 12.0 Å². The fraction of sp³-hybridized carbons (Fsp3) is 0.222. The van der Waals surface area contributed by atoms with E-state index in [9.17, 15) is 4.79 Å². The third-order valence-electron chi connectivity index (χ3n) is 3.05. The number of nitrogens with zero attached hydrogens (tertiary/aromatic N) is 1. The molecule has 0 aliphatic carbocycles. The summed E-state index contributed by atoms with van der Waals surface area (Å²) in [4.78, 5) is 16.0. The lowest BCUT2D eigenvalue weighted by Crippen LogP contribution is -2.22. The van der Waals surface area contributed by atoms with Crippen molar-refractivity contribution in [1.82, 2.24) is 10.3 Å². The number of hydrogen-bond donors (Lipinski definition) is 1.